The van der Waals surface area contributed by atoms with Gasteiger partial charge in [0.2, 0.25) is 0 Å². The fourth-order valence-electron chi connectivity index (χ4n) is 1.47. The zero-order valence-corrected chi connectivity index (χ0v) is 12.2. The van der Waals surface area contributed by atoms with Crippen molar-refractivity contribution in [2.75, 3.05) is 18.1 Å². The van der Waals surface area contributed by atoms with E-state index in [1.165, 1.54) is 20.0 Å². The number of halogens is 4. The Kier molecular flexibility index (Phi) is 6.03. The minimum Gasteiger partial charge on any atom is -0.341 e. The third kappa shape index (κ3) is 5.63. The molecule has 1 N–H and O–H groups in total. The Morgan fingerprint density at radius 2 is 2.10 bits per heavy atom. The molecular formula is C13H13F4N3S. The number of amidine groups is 1. The molecule has 0 radical (unpaired) electrons. The lowest BCUT2D eigenvalue weighted by atomic mass is 10.2. The molecule has 114 valence electrons. The number of aryl methyl sites for hydroxylation is 1. The van der Waals surface area contributed by atoms with Crippen LogP contribution in [-0.2, 0) is 0 Å². The highest BCUT2D eigenvalue weighted by Crippen LogP contribution is 2.32. The van der Waals surface area contributed by atoms with Crippen LogP contribution in [0.15, 0.2) is 22.0 Å². The Morgan fingerprint density at radius 3 is 2.62 bits per heavy atom. The predicted octanol–water partition coefficient (Wildman–Crippen LogP) is 4.14. The highest BCUT2D eigenvalue weighted by atomic mass is 32.2. The number of alkyl halides is 3. The maximum atomic E-state index is 13.8. The topological polar surface area (TPSA) is 48.2 Å². The van der Waals surface area contributed by atoms with Crippen molar-refractivity contribution in [3.05, 3.63) is 23.5 Å². The predicted molar refractivity (Wildman–Crippen MR) is 75.1 cm³/mol. The molecule has 1 rings (SSSR count). The molecule has 0 bridgehead atoms. The molecule has 1 aromatic carbocycles. The van der Waals surface area contributed by atoms with Crippen molar-refractivity contribution in [2.24, 2.45) is 4.99 Å². The summed E-state index contributed by atoms with van der Waals surface area (Å²) < 4.78 is 50.6. The Bertz CT molecular complexity index is 576. The quantitative estimate of drug-likeness (QED) is 0.393. The number of hydrogen-bond donors (Lipinski definition) is 1. The summed E-state index contributed by atoms with van der Waals surface area (Å²) in [4.78, 5) is 4.10. The lowest BCUT2D eigenvalue weighted by Crippen LogP contribution is -2.13. The summed E-state index contributed by atoms with van der Waals surface area (Å²) in [5.41, 5.74) is 0.420. The van der Waals surface area contributed by atoms with Gasteiger partial charge in [-0.15, -0.1) is 11.8 Å². The third-order valence-corrected chi connectivity index (χ3v) is 3.67. The molecule has 0 aliphatic rings. The Balaban J connectivity index is 2.98. The van der Waals surface area contributed by atoms with Crippen molar-refractivity contribution < 1.29 is 17.6 Å². The van der Waals surface area contributed by atoms with Gasteiger partial charge in [-0.1, -0.05) is 0 Å². The summed E-state index contributed by atoms with van der Waals surface area (Å²) in [6.07, 6.45) is -4.34. The smallest absolute Gasteiger partial charge is 0.341 e. The molecule has 1 aromatic rings. The molecule has 21 heavy (non-hydrogen) atoms. The molecule has 0 saturated heterocycles. The van der Waals surface area contributed by atoms with E-state index in [1.54, 1.807) is 0 Å². The molecule has 0 atom stereocenters. The van der Waals surface area contributed by atoms with Gasteiger partial charge in [0.15, 0.2) is 0 Å². The fourth-order valence-corrected chi connectivity index (χ4v) is 2.28. The van der Waals surface area contributed by atoms with Crippen LogP contribution in [0.1, 0.15) is 12.0 Å². The second-order valence-corrected chi connectivity index (χ2v) is 5.15. The highest BCUT2D eigenvalue weighted by molar-refractivity contribution is 7.99. The van der Waals surface area contributed by atoms with Crippen LogP contribution in [0.4, 0.5) is 23.2 Å². The average molecular weight is 319 g/mol. The van der Waals surface area contributed by atoms with Crippen LogP contribution in [0.3, 0.4) is 0 Å². The van der Waals surface area contributed by atoms with Gasteiger partial charge < -0.3 is 5.32 Å². The number of rotatable bonds is 4. The van der Waals surface area contributed by atoms with Gasteiger partial charge in [-0.25, -0.2) is 4.39 Å². The van der Waals surface area contributed by atoms with Crippen molar-refractivity contribution >= 4 is 23.3 Å². The van der Waals surface area contributed by atoms with Gasteiger partial charge in [-0.2, -0.15) is 18.4 Å². The molecule has 0 unspecified atom stereocenters. The molecule has 3 nitrogen and oxygen atoms in total. The zero-order chi connectivity index (χ0) is 16.0. The fraction of sp³-hybridized carbons (Fsp3) is 0.385. The first-order valence-corrected chi connectivity index (χ1v) is 6.84. The molecular weight excluding hydrogens is 306 g/mol. The molecule has 0 aliphatic carbocycles. The molecule has 0 saturated carbocycles. The molecule has 0 aromatic heterocycles. The summed E-state index contributed by atoms with van der Waals surface area (Å²) in [6.45, 7) is 1.54. The third-order valence-electron chi connectivity index (χ3n) is 2.45. The van der Waals surface area contributed by atoms with Crippen molar-refractivity contribution in [3.8, 4) is 6.07 Å². The highest BCUT2D eigenvalue weighted by Gasteiger charge is 2.27. The number of benzene rings is 1. The molecule has 0 heterocycles. The zero-order valence-electron chi connectivity index (χ0n) is 11.4. The first kappa shape index (κ1) is 17.3. The van der Waals surface area contributed by atoms with E-state index in [0.717, 1.165) is 6.07 Å². The average Bonchev–Trinajstić information content (AvgIpc) is 2.38. The number of hydrogen-bond acceptors (Lipinski definition) is 3. The molecule has 0 aliphatic heterocycles. The van der Waals surface area contributed by atoms with Crippen LogP contribution in [0.5, 0.6) is 0 Å². The van der Waals surface area contributed by atoms with Crippen molar-refractivity contribution in [3.63, 3.8) is 0 Å². The minimum atomic E-state index is -4.30. The molecule has 8 heteroatoms. The van der Waals surface area contributed by atoms with E-state index in [0.29, 0.717) is 22.2 Å². The Labute approximate surface area is 124 Å². The summed E-state index contributed by atoms with van der Waals surface area (Å²) >= 11 is 0.588. The van der Waals surface area contributed by atoms with Crippen LogP contribution in [0, 0.1) is 24.1 Å². The normalized spacial score (nSPS) is 12.1. The number of anilines is 1. The van der Waals surface area contributed by atoms with Gasteiger partial charge in [-0.3, -0.25) is 4.99 Å². The van der Waals surface area contributed by atoms with Crippen LogP contribution in [0.25, 0.3) is 0 Å². The molecule has 0 spiro atoms. The number of nitrogens with one attached hydrogen (secondary N) is 1. The van der Waals surface area contributed by atoms with Crippen LogP contribution in [-0.4, -0.2) is 24.8 Å². The first-order valence-electron chi connectivity index (χ1n) is 5.86. The van der Waals surface area contributed by atoms with Gasteiger partial charge in [0.25, 0.3) is 0 Å². The molecule has 0 fully saturated rings. The van der Waals surface area contributed by atoms with E-state index in [1.807, 2.05) is 6.07 Å². The molecule has 0 amide bonds. The maximum absolute atomic E-state index is 13.8. The Morgan fingerprint density at radius 1 is 1.43 bits per heavy atom. The van der Waals surface area contributed by atoms with Gasteiger partial charge in [0.05, 0.1) is 23.9 Å². The minimum absolute atomic E-state index is 0.00104. The SMILES string of the molecule is CN=C(CC#N)Nc1cc(SCC(F)(F)F)c(C)cc1F. The monoisotopic (exact) mass is 319 g/mol. The van der Waals surface area contributed by atoms with E-state index in [2.05, 4.69) is 10.3 Å². The van der Waals surface area contributed by atoms with Crippen LogP contribution >= 0.6 is 11.8 Å². The summed E-state index contributed by atoms with van der Waals surface area (Å²) in [7, 11) is 1.44. The largest absolute Gasteiger partial charge is 0.398 e. The van der Waals surface area contributed by atoms with Gasteiger partial charge in [0, 0.05) is 11.9 Å². The van der Waals surface area contributed by atoms with Gasteiger partial charge in [-0.05, 0) is 24.6 Å². The number of nitriles is 1. The summed E-state index contributed by atoms with van der Waals surface area (Å²) in [5, 5.41) is 11.2. The summed E-state index contributed by atoms with van der Waals surface area (Å²) in [6, 6.07) is 4.31. The van der Waals surface area contributed by atoms with Gasteiger partial charge in [0.1, 0.15) is 11.7 Å². The number of nitrogens with zero attached hydrogens (tertiary/aromatic N) is 2. The summed E-state index contributed by atoms with van der Waals surface area (Å²) in [5.74, 6) is -1.42. The lowest BCUT2D eigenvalue weighted by molar-refractivity contribution is -0.105. The van der Waals surface area contributed by atoms with Crippen molar-refractivity contribution in [1.29, 1.82) is 5.26 Å². The van der Waals surface area contributed by atoms with E-state index in [4.69, 9.17) is 5.26 Å². The van der Waals surface area contributed by atoms with Crippen molar-refractivity contribution in [2.45, 2.75) is 24.4 Å². The first-order chi connectivity index (χ1) is 9.76. The van der Waals surface area contributed by atoms with E-state index >= 15 is 0 Å². The van der Waals surface area contributed by atoms with Gasteiger partial charge >= 0.3 is 6.18 Å². The van der Waals surface area contributed by atoms with E-state index in [9.17, 15) is 17.6 Å². The second kappa shape index (κ2) is 7.31. The van der Waals surface area contributed by atoms with E-state index < -0.39 is 17.7 Å². The van der Waals surface area contributed by atoms with E-state index in [-0.39, 0.29) is 17.9 Å². The van der Waals surface area contributed by atoms with Crippen LogP contribution < -0.4 is 5.32 Å². The lowest BCUT2D eigenvalue weighted by Gasteiger charge is -2.13. The maximum Gasteiger partial charge on any atom is 0.398 e. The Hall–Kier alpha value is -1.75. The second-order valence-electron chi connectivity index (χ2n) is 4.13. The number of thioether (sulfide) groups is 1. The van der Waals surface area contributed by atoms with Crippen molar-refractivity contribution in [1.82, 2.24) is 0 Å². The number of aliphatic imine (C=N–C) groups is 1. The van der Waals surface area contributed by atoms with Crippen LogP contribution in [0.2, 0.25) is 0 Å². The standard InChI is InChI=1S/C13H13F4N3S/c1-8-5-9(14)10(20-12(19-2)3-4-18)6-11(8)21-7-13(15,16)17/h5-6H,3,7H2,1-2H3,(H,19,20).